The van der Waals surface area contributed by atoms with E-state index < -0.39 is 5.91 Å². The first-order valence-corrected chi connectivity index (χ1v) is 8.84. The van der Waals surface area contributed by atoms with Crippen LogP contribution in [0.25, 0.3) is 10.9 Å². The van der Waals surface area contributed by atoms with E-state index >= 15 is 0 Å². The van der Waals surface area contributed by atoms with Gasteiger partial charge < -0.3 is 16.0 Å². The van der Waals surface area contributed by atoms with Crippen molar-refractivity contribution in [2.45, 2.75) is 25.7 Å². The highest BCUT2D eigenvalue weighted by molar-refractivity contribution is 5.94. The summed E-state index contributed by atoms with van der Waals surface area (Å²) in [5.74, 6) is -0.373. The minimum Gasteiger partial charge on any atom is -0.366 e. The van der Waals surface area contributed by atoms with Gasteiger partial charge in [-0.15, -0.1) is 0 Å². The van der Waals surface area contributed by atoms with Crippen LogP contribution in [-0.2, 0) is 17.6 Å². The van der Waals surface area contributed by atoms with Gasteiger partial charge in [0.25, 0.3) is 0 Å². The molecule has 134 valence electrons. The largest absolute Gasteiger partial charge is 0.366 e. The van der Waals surface area contributed by atoms with Gasteiger partial charge in [-0.1, -0.05) is 36.4 Å². The molecule has 0 aliphatic rings. The second-order valence-electron chi connectivity index (χ2n) is 6.33. The van der Waals surface area contributed by atoms with Crippen LogP contribution in [0.15, 0.2) is 54.7 Å². The Hall–Kier alpha value is -3.08. The molecular formula is C21H23N3O2. The number of para-hydroxylation sites is 1. The van der Waals surface area contributed by atoms with Crippen molar-refractivity contribution in [2.24, 2.45) is 5.73 Å². The second kappa shape index (κ2) is 8.34. The smallest absolute Gasteiger partial charge is 0.248 e. The van der Waals surface area contributed by atoms with Gasteiger partial charge in [-0.3, -0.25) is 9.59 Å². The lowest BCUT2D eigenvalue weighted by molar-refractivity contribution is -0.121. The van der Waals surface area contributed by atoms with Crippen molar-refractivity contribution in [3.8, 4) is 0 Å². The summed E-state index contributed by atoms with van der Waals surface area (Å²) >= 11 is 0. The molecule has 0 unspecified atom stereocenters. The molecule has 0 saturated carbocycles. The zero-order valence-corrected chi connectivity index (χ0v) is 14.6. The molecule has 0 saturated heterocycles. The monoisotopic (exact) mass is 349 g/mol. The lowest BCUT2D eigenvalue weighted by Gasteiger charge is -2.08. The number of nitrogens with two attached hydrogens (primary N) is 1. The SMILES string of the molecule is NC(=O)c1ccccc1CCCNC(=O)CCc1c[nH]c2ccccc12. The molecule has 1 aromatic heterocycles. The van der Waals surface area contributed by atoms with E-state index in [1.165, 1.54) is 5.39 Å². The first-order chi connectivity index (χ1) is 12.6. The van der Waals surface area contributed by atoms with Crippen molar-refractivity contribution in [1.29, 1.82) is 0 Å². The van der Waals surface area contributed by atoms with Crippen LogP contribution in [0.2, 0.25) is 0 Å². The maximum absolute atomic E-state index is 12.1. The summed E-state index contributed by atoms with van der Waals surface area (Å²) in [7, 11) is 0. The molecule has 3 rings (SSSR count). The molecular weight excluding hydrogens is 326 g/mol. The Morgan fingerprint density at radius 1 is 0.962 bits per heavy atom. The molecule has 3 aromatic rings. The molecule has 0 radical (unpaired) electrons. The minimum atomic E-state index is -0.414. The highest BCUT2D eigenvalue weighted by Gasteiger charge is 2.08. The number of carbonyl (C=O) groups is 2. The fraction of sp³-hybridized carbons (Fsp3) is 0.238. The van der Waals surface area contributed by atoms with E-state index in [1.54, 1.807) is 12.1 Å². The van der Waals surface area contributed by atoms with Gasteiger partial charge in [0, 0.05) is 35.6 Å². The van der Waals surface area contributed by atoms with E-state index in [4.69, 9.17) is 5.73 Å². The molecule has 0 spiro atoms. The predicted octanol–water partition coefficient (Wildman–Crippen LogP) is 2.95. The Bertz CT molecular complexity index is 914. The second-order valence-corrected chi connectivity index (χ2v) is 6.33. The molecule has 0 atom stereocenters. The minimum absolute atomic E-state index is 0.0402. The summed E-state index contributed by atoms with van der Waals surface area (Å²) < 4.78 is 0. The number of rotatable bonds is 8. The van der Waals surface area contributed by atoms with Gasteiger partial charge in [-0.2, -0.15) is 0 Å². The van der Waals surface area contributed by atoms with Crippen LogP contribution in [0, 0.1) is 0 Å². The van der Waals surface area contributed by atoms with Crippen LogP contribution in [0.3, 0.4) is 0 Å². The number of fused-ring (bicyclic) bond motifs is 1. The molecule has 5 nitrogen and oxygen atoms in total. The molecule has 0 bridgehead atoms. The van der Waals surface area contributed by atoms with Crippen LogP contribution < -0.4 is 11.1 Å². The van der Waals surface area contributed by atoms with Gasteiger partial charge in [0.05, 0.1) is 0 Å². The van der Waals surface area contributed by atoms with Crippen molar-refractivity contribution in [2.75, 3.05) is 6.54 Å². The lowest BCUT2D eigenvalue weighted by atomic mass is 10.0. The summed E-state index contributed by atoms with van der Waals surface area (Å²) in [6, 6.07) is 15.4. The van der Waals surface area contributed by atoms with Crippen molar-refractivity contribution in [3.63, 3.8) is 0 Å². The maximum atomic E-state index is 12.1. The van der Waals surface area contributed by atoms with Crippen molar-refractivity contribution in [1.82, 2.24) is 10.3 Å². The van der Waals surface area contributed by atoms with E-state index in [1.807, 2.05) is 36.5 Å². The summed E-state index contributed by atoms with van der Waals surface area (Å²) in [6.07, 6.45) is 4.61. The fourth-order valence-electron chi connectivity index (χ4n) is 3.16. The molecule has 0 fully saturated rings. The number of aromatic nitrogens is 1. The fourth-order valence-corrected chi connectivity index (χ4v) is 3.16. The van der Waals surface area contributed by atoms with Crippen LogP contribution >= 0.6 is 0 Å². The topological polar surface area (TPSA) is 88.0 Å². The Morgan fingerprint density at radius 3 is 2.58 bits per heavy atom. The van der Waals surface area contributed by atoms with Crippen molar-refractivity contribution >= 4 is 22.7 Å². The third-order valence-corrected chi connectivity index (χ3v) is 4.52. The quantitative estimate of drug-likeness (QED) is 0.546. The van der Waals surface area contributed by atoms with Gasteiger partial charge in [-0.05, 0) is 42.5 Å². The Morgan fingerprint density at radius 2 is 1.73 bits per heavy atom. The van der Waals surface area contributed by atoms with Gasteiger partial charge in [0.15, 0.2) is 0 Å². The third kappa shape index (κ3) is 4.30. The number of hydrogen-bond acceptors (Lipinski definition) is 2. The highest BCUT2D eigenvalue weighted by atomic mass is 16.1. The van der Waals surface area contributed by atoms with E-state index in [-0.39, 0.29) is 5.91 Å². The summed E-state index contributed by atoms with van der Waals surface area (Å²) in [4.78, 5) is 26.7. The molecule has 5 heteroatoms. The zero-order valence-electron chi connectivity index (χ0n) is 14.6. The molecule has 2 amide bonds. The molecule has 4 N–H and O–H groups in total. The van der Waals surface area contributed by atoms with Gasteiger partial charge in [0.2, 0.25) is 11.8 Å². The summed E-state index contributed by atoms with van der Waals surface area (Å²) in [5, 5.41) is 4.12. The molecule has 0 aliphatic heterocycles. The van der Waals surface area contributed by atoms with Gasteiger partial charge in [-0.25, -0.2) is 0 Å². The number of primary amides is 1. The van der Waals surface area contributed by atoms with Crippen LogP contribution in [0.4, 0.5) is 0 Å². The third-order valence-electron chi connectivity index (χ3n) is 4.52. The summed E-state index contributed by atoms with van der Waals surface area (Å²) in [6.45, 7) is 0.583. The van der Waals surface area contributed by atoms with Crippen molar-refractivity contribution in [3.05, 3.63) is 71.4 Å². The van der Waals surface area contributed by atoms with Gasteiger partial charge in [0.1, 0.15) is 0 Å². The Kier molecular flexibility index (Phi) is 5.69. The lowest BCUT2D eigenvalue weighted by Crippen LogP contribution is -2.25. The predicted molar refractivity (Wildman–Crippen MR) is 103 cm³/mol. The number of amides is 2. The Labute approximate surface area is 152 Å². The first-order valence-electron chi connectivity index (χ1n) is 8.84. The average Bonchev–Trinajstić information content (AvgIpc) is 3.07. The zero-order chi connectivity index (χ0) is 18.4. The number of carbonyl (C=O) groups excluding carboxylic acids is 2. The molecule has 26 heavy (non-hydrogen) atoms. The molecule has 0 aliphatic carbocycles. The first kappa shape index (κ1) is 17.7. The van der Waals surface area contributed by atoms with Crippen LogP contribution in [-0.4, -0.2) is 23.3 Å². The number of aromatic amines is 1. The normalized spacial score (nSPS) is 10.8. The molecule has 2 aromatic carbocycles. The summed E-state index contributed by atoms with van der Waals surface area (Å²) in [5.41, 5.74) is 9.11. The highest BCUT2D eigenvalue weighted by Crippen LogP contribution is 2.18. The van der Waals surface area contributed by atoms with Crippen LogP contribution in [0.5, 0.6) is 0 Å². The van der Waals surface area contributed by atoms with Crippen LogP contribution in [0.1, 0.15) is 34.3 Å². The molecule has 1 heterocycles. The van der Waals surface area contributed by atoms with Crippen molar-refractivity contribution < 1.29 is 9.59 Å². The maximum Gasteiger partial charge on any atom is 0.248 e. The number of H-pyrrole nitrogens is 1. The van der Waals surface area contributed by atoms with E-state index in [2.05, 4.69) is 16.4 Å². The Balaban J connectivity index is 1.43. The number of benzene rings is 2. The van der Waals surface area contributed by atoms with E-state index in [9.17, 15) is 9.59 Å². The standard InChI is InChI=1S/C21H23N3O2/c22-21(26)18-9-2-1-6-15(18)7-5-13-23-20(25)12-11-16-14-24-19-10-4-3-8-17(16)19/h1-4,6,8-10,14,24H,5,7,11-13H2,(H2,22,26)(H,23,25). The van der Waals surface area contributed by atoms with Gasteiger partial charge >= 0.3 is 0 Å². The van der Waals surface area contributed by atoms with E-state index in [0.29, 0.717) is 31.4 Å². The number of aryl methyl sites for hydroxylation is 2. The number of nitrogens with one attached hydrogen (secondary N) is 2. The van der Waals surface area contributed by atoms with E-state index in [0.717, 1.165) is 23.1 Å². The average molecular weight is 349 g/mol. The number of hydrogen-bond donors (Lipinski definition) is 3.